The molecule has 0 amide bonds. The second-order valence-corrected chi connectivity index (χ2v) is 7.35. The van der Waals surface area contributed by atoms with Gasteiger partial charge < -0.3 is 4.74 Å². The molecule has 1 aliphatic carbocycles. The molecule has 2 aliphatic rings. The van der Waals surface area contributed by atoms with E-state index in [1.54, 1.807) is 12.3 Å². The average molecular weight is 429 g/mol. The first-order chi connectivity index (χ1) is 15.0. The van der Waals surface area contributed by atoms with E-state index >= 15 is 0 Å². The van der Waals surface area contributed by atoms with E-state index in [0.29, 0.717) is 40.3 Å². The number of ether oxygens (including phenoxy) is 1. The number of fused-ring (bicyclic) bond motifs is 1. The Morgan fingerprint density at radius 3 is 2.61 bits per heavy atom. The van der Waals surface area contributed by atoms with Crippen molar-refractivity contribution in [3.05, 3.63) is 70.7 Å². The summed E-state index contributed by atoms with van der Waals surface area (Å²) < 4.78 is 48.6. The van der Waals surface area contributed by atoms with E-state index in [1.807, 2.05) is 0 Å². The van der Waals surface area contributed by atoms with Gasteiger partial charge in [0.15, 0.2) is 5.65 Å². The molecule has 5 rings (SSSR count). The van der Waals surface area contributed by atoms with Crippen LogP contribution in [0.15, 0.2) is 41.3 Å². The number of allylic oxidation sites excluding steroid dienone is 1. The summed E-state index contributed by atoms with van der Waals surface area (Å²) in [5.41, 5.74) is 2.42. The summed E-state index contributed by atoms with van der Waals surface area (Å²) in [6, 6.07) is 5.36. The van der Waals surface area contributed by atoms with Crippen LogP contribution in [0.1, 0.15) is 35.1 Å². The molecule has 0 unspecified atom stereocenters. The highest BCUT2D eigenvalue weighted by molar-refractivity contribution is 6.10. The van der Waals surface area contributed by atoms with E-state index in [1.165, 1.54) is 31.4 Å². The number of hydrogen-bond donors (Lipinski definition) is 0. The molecule has 1 saturated carbocycles. The highest BCUT2D eigenvalue weighted by atomic mass is 19.1. The monoisotopic (exact) mass is 429 g/mol. The smallest absolute Gasteiger partial charge is 0.234 e. The quantitative estimate of drug-likeness (QED) is 0.620. The maximum absolute atomic E-state index is 14.4. The minimum Gasteiger partial charge on any atom is -0.480 e. The highest BCUT2D eigenvalue weighted by Gasteiger charge is 2.43. The normalized spacial score (nSPS) is 20.6. The standard InChI is InChI=1S/C21H18F3N5O2/c1-30-21-16(8-25-10-28(21)31-2)18-7-15(20-26-9-19(24)29(20)27-18)14-6-13(14)12-4-3-11(22)5-17(12)23/h3-5,7-9,13-14H,6,10H2,1-2H3/t13-,14+/m1/s1. The maximum Gasteiger partial charge on any atom is 0.234 e. The third-order valence-corrected chi connectivity index (χ3v) is 5.58. The number of hydroxylamine groups is 2. The zero-order valence-electron chi connectivity index (χ0n) is 16.7. The number of aliphatic imine (C=N–C) groups is 1. The zero-order chi connectivity index (χ0) is 21.7. The Bertz CT molecular complexity index is 1240. The van der Waals surface area contributed by atoms with Crippen LogP contribution in [0.2, 0.25) is 0 Å². The number of nitrogens with zero attached hydrogens (tertiary/aromatic N) is 5. The molecule has 160 valence electrons. The second kappa shape index (κ2) is 7.38. The van der Waals surface area contributed by atoms with Crippen molar-refractivity contribution in [3.8, 4) is 0 Å². The topological polar surface area (TPSA) is 64.2 Å². The van der Waals surface area contributed by atoms with Crippen LogP contribution >= 0.6 is 0 Å². The van der Waals surface area contributed by atoms with Crippen molar-refractivity contribution in [1.29, 1.82) is 0 Å². The van der Waals surface area contributed by atoms with Gasteiger partial charge in [-0.25, -0.2) is 13.8 Å². The molecule has 0 N–H and O–H groups in total. The molecule has 2 aromatic heterocycles. The van der Waals surface area contributed by atoms with E-state index in [0.717, 1.165) is 16.8 Å². The van der Waals surface area contributed by atoms with Crippen LogP contribution in [0, 0.1) is 17.6 Å². The number of hydrogen-bond acceptors (Lipinski definition) is 6. The number of aromatic nitrogens is 3. The van der Waals surface area contributed by atoms with E-state index in [-0.39, 0.29) is 18.5 Å². The molecule has 0 spiro atoms. The van der Waals surface area contributed by atoms with Gasteiger partial charge in [-0.3, -0.25) is 9.83 Å². The molecule has 1 aromatic carbocycles. The minimum atomic E-state index is -0.626. The van der Waals surface area contributed by atoms with Crippen molar-refractivity contribution in [1.82, 2.24) is 19.7 Å². The molecule has 1 fully saturated rings. The molecule has 1 aliphatic heterocycles. The maximum atomic E-state index is 14.4. The lowest BCUT2D eigenvalue weighted by atomic mass is 10.0. The third kappa shape index (κ3) is 3.23. The third-order valence-electron chi connectivity index (χ3n) is 5.58. The summed E-state index contributed by atoms with van der Waals surface area (Å²) in [6.07, 6.45) is 3.31. The largest absolute Gasteiger partial charge is 0.480 e. The molecule has 2 atom stereocenters. The molecular formula is C21H18F3N5O2. The number of halogens is 3. The predicted molar refractivity (Wildman–Crippen MR) is 106 cm³/mol. The first-order valence-corrected chi connectivity index (χ1v) is 9.61. The van der Waals surface area contributed by atoms with Gasteiger partial charge in [0, 0.05) is 17.8 Å². The van der Waals surface area contributed by atoms with Crippen LogP contribution < -0.4 is 0 Å². The Balaban J connectivity index is 1.62. The number of benzene rings is 1. The van der Waals surface area contributed by atoms with Crippen molar-refractivity contribution in [2.45, 2.75) is 18.3 Å². The lowest BCUT2D eigenvalue weighted by Crippen LogP contribution is -2.27. The van der Waals surface area contributed by atoms with Crippen LogP contribution in [0.3, 0.4) is 0 Å². The van der Waals surface area contributed by atoms with Crippen molar-refractivity contribution >= 4 is 17.4 Å². The van der Waals surface area contributed by atoms with Gasteiger partial charge in [-0.1, -0.05) is 6.07 Å². The Kier molecular flexibility index (Phi) is 4.66. The van der Waals surface area contributed by atoms with Crippen LogP contribution in [0.5, 0.6) is 0 Å². The van der Waals surface area contributed by atoms with Gasteiger partial charge in [0.1, 0.15) is 18.3 Å². The average Bonchev–Trinajstić information content (AvgIpc) is 3.47. The first kappa shape index (κ1) is 19.6. The van der Waals surface area contributed by atoms with Gasteiger partial charge in [-0.15, -0.1) is 0 Å². The summed E-state index contributed by atoms with van der Waals surface area (Å²) in [7, 11) is 2.98. The SMILES string of the molecule is COC1=C(c2cc([C@H]3C[C@@H]3c3ccc(F)cc3F)c3ncc(F)n3n2)C=NCN1OC. The van der Waals surface area contributed by atoms with Gasteiger partial charge in [-0.2, -0.15) is 19.1 Å². The lowest BCUT2D eigenvalue weighted by Gasteiger charge is -2.25. The van der Waals surface area contributed by atoms with Crippen molar-refractivity contribution in [3.63, 3.8) is 0 Å². The van der Waals surface area contributed by atoms with Gasteiger partial charge in [0.05, 0.1) is 31.7 Å². The Morgan fingerprint density at radius 2 is 1.87 bits per heavy atom. The Labute approximate surface area is 175 Å². The van der Waals surface area contributed by atoms with Gasteiger partial charge in [-0.05, 0) is 36.0 Å². The molecular weight excluding hydrogens is 411 g/mol. The zero-order valence-corrected chi connectivity index (χ0v) is 16.7. The number of methoxy groups -OCH3 is 1. The Morgan fingerprint density at radius 1 is 1.06 bits per heavy atom. The van der Waals surface area contributed by atoms with E-state index in [2.05, 4.69) is 15.1 Å². The van der Waals surface area contributed by atoms with Crippen molar-refractivity contribution in [2.75, 3.05) is 20.9 Å². The van der Waals surface area contributed by atoms with Crippen molar-refractivity contribution in [2.24, 2.45) is 4.99 Å². The van der Waals surface area contributed by atoms with E-state index < -0.39 is 17.6 Å². The molecule has 31 heavy (non-hydrogen) atoms. The lowest BCUT2D eigenvalue weighted by molar-refractivity contribution is -0.133. The summed E-state index contributed by atoms with van der Waals surface area (Å²) in [4.78, 5) is 13.7. The number of rotatable bonds is 5. The molecule has 0 saturated heterocycles. The summed E-state index contributed by atoms with van der Waals surface area (Å²) in [5.74, 6) is -1.73. The molecule has 7 nitrogen and oxygen atoms in total. The van der Waals surface area contributed by atoms with Crippen molar-refractivity contribution < 1.29 is 22.7 Å². The van der Waals surface area contributed by atoms with Crippen LogP contribution in [0.4, 0.5) is 13.2 Å². The fourth-order valence-electron chi connectivity index (χ4n) is 4.04. The summed E-state index contributed by atoms with van der Waals surface area (Å²) in [6.45, 7) is 0.242. The van der Waals surface area contributed by atoms with Gasteiger partial charge in [0.25, 0.3) is 0 Å². The molecule has 3 aromatic rings. The van der Waals surface area contributed by atoms with E-state index in [9.17, 15) is 13.2 Å². The Hall–Kier alpha value is -3.40. The molecule has 0 bridgehead atoms. The number of imidazole rings is 1. The first-order valence-electron chi connectivity index (χ1n) is 9.61. The molecule has 0 radical (unpaired) electrons. The van der Waals surface area contributed by atoms with Crippen LogP contribution in [0.25, 0.3) is 11.2 Å². The van der Waals surface area contributed by atoms with Crippen LogP contribution in [-0.2, 0) is 9.57 Å². The summed E-state index contributed by atoms with van der Waals surface area (Å²) in [5, 5.41) is 5.81. The van der Waals surface area contributed by atoms with Gasteiger partial charge in [0.2, 0.25) is 11.8 Å². The molecule has 3 heterocycles. The minimum absolute atomic E-state index is 0.114. The highest BCUT2D eigenvalue weighted by Crippen LogP contribution is 2.56. The summed E-state index contributed by atoms with van der Waals surface area (Å²) >= 11 is 0. The fraction of sp³-hybridized carbons (Fsp3) is 0.286. The van der Waals surface area contributed by atoms with E-state index in [4.69, 9.17) is 9.57 Å². The fourth-order valence-corrected chi connectivity index (χ4v) is 4.04. The molecule has 10 heteroatoms. The van der Waals surface area contributed by atoms with Crippen LogP contribution in [-0.4, -0.2) is 46.8 Å². The predicted octanol–water partition coefficient (Wildman–Crippen LogP) is 3.64. The van der Waals surface area contributed by atoms with Gasteiger partial charge >= 0.3 is 0 Å². The second-order valence-electron chi connectivity index (χ2n) is 7.35.